The predicted molar refractivity (Wildman–Crippen MR) is 121 cm³/mol. The number of benzene rings is 2. The highest BCUT2D eigenvalue weighted by atomic mass is 19.1. The third kappa shape index (κ3) is 3.50. The van der Waals surface area contributed by atoms with Crippen LogP contribution in [0.25, 0.3) is 10.9 Å². The van der Waals surface area contributed by atoms with E-state index in [1.165, 1.54) is 40.9 Å². The normalized spacial score (nSPS) is 18.0. The van der Waals surface area contributed by atoms with E-state index < -0.39 is 0 Å². The smallest absolute Gasteiger partial charge is 0.260 e. The van der Waals surface area contributed by atoms with Crippen molar-refractivity contribution in [3.63, 3.8) is 0 Å². The van der Waals surface area contributed by atoms with E-state index in [1.807, 2.05) is 11.0 Å². The van der Waals surface area contributed by atoms with Gasteiger partial charge >= 0.3 is 0 Å². The number of rotatable bonds is 4. The zero-order chi connectivity index (χ0) is 22.3. The number of H-pyrrole nitrogens is 1. The lowest BCUT2D eigenvalue weighted by molar-refractivity contribution is -0.136. The van der Waals surface area contributed by atoms with Gasteiger partial charge in [-0.1, -0.05) is 0 Å². The largest absolute Gasteiger partial charge is 0.497 e. The number of amides is 1. The third-order valence-corrected chi connectivity index (χ3v) is 7.13. The van der Waals surface area contributed by atoms with Gasteiger partial charge in [0.2, 0.25) is 0 Å². The molecule has 2 aliphatic rings. The van der Waals surface area contributed by atoms with Crippen molar-refractivity contribution < 1.29 is 18.7 Å². The van der Waals surface area contributed by atoms with Crippen molar-refractivity contribution >= 4 is 16.8 Å². The molecule has 0 unspecified atom stereocenters. The van der Waals surface area contributed by atoms with Gasteiger partial charge in [-0.05, 0) is 74.3 Å². The number of carbonyl (C=O) groups excluding carboxylic acids is 1. The number of methoxy groups -OCH3 is 1. The number of piperidine rings is 1. The van der Waals surface area contributed by atoms with Crippen LogP contribution in [-0.2, 0) is 16.8 Å². The van der Waals surface area contributed by atoms with E-state index >= 15 is 0 Å². The maximum absolute atomic E-state index is 13.0. The maximum atomic E-state index is 13.0. The average molecular weight is 438 g/mol. The van der Waals surface area contributed by atoms with Crippen LogP contribution in [0.3, 0.4) is 0 Å². The van der Waals surface area contributed by atoms with E-state index in [9.17, 15) is 9.18 Å². The predicted octanol–water partition coefficient (Wildman–Crippen LogP) is 3.70. The molecule has 1 spiro atoms. The Morgan fingerprint density at radius 3 is 2.53 bits per heavy atom. The average Bonchev–Trinajstić information content (AvgIpc) is 3.20. The molecule has 3 aromatic rings. The molecule has 1 fully saturated rings. The van der Waals surface area contributed by atoms with Crippen LogP contribution < -0.4 is 9.47 Å². The summed E-state index contributed by atoms with van der Waals surface area (Å²) in [6.07, 6.45) is 2.72. The number of hydrogen-bond acceptors (Lipinski definition) is 4. The summed E-state index contributed by atoms with van der Waals surface area (Å²) >= 11 is 0. The topological polar surface area (TPSA) is 57.8 Å². The Balaban J connectivity index is 1.32. The summed E-state index contributed by atoms with van der Waals surface area (Å²) in [5.74, 6) is 1.01. The van der Waals surface area contributed by atoms with Crippen molar-refractivity contribution in [1.82, 2.24) is 14.8 Å². The zero-order valence-electron chi connectivity index (χ0n) is 18.5. The summed E-state index contributed by atoms with van der Waals surface area (Å²) in [5, 5.41) is 1.23. The van der Waals surface area contributed by atoms with E-state index in [-0.39, 0.29) is 23.9 Å². The summed E-state index contributed by atoms with van der Waals surface area (Å²) < 4.78 is 24.1. The molecule has 1 saturated heterocycles. The van der Waals surface area contributed by atoms with Crippen LogP contribution in [0.1, 0.15) is 24.1 Å². The van der Waals surface area contributed by atoms with Crippen LogP contribution >= 0.6 is 0 Å². The molecule has 168 valence electrons. The number of aromatic amines is 1. The van der Waals surface area contributed by atoms with Crippen molar-refractivity contribution in [3.05, 3.63) is 59.5 Å². The van der Waals surface area contributed by atoms with Crippen molar-refractivity contribution in [3.8, 4) is 11.5 Å². The quantitative estimate of drug-likeness (QED) is 0.676. The van der Waals surface area contributed by atoms with E-state index in [2.05, 4.69) is 29.1 Å². The number of nitrogens with one attached hydrogen (secondary N) is 1. The standard InChI is InChI=1S/C25H28FN3O3/c1-28-12-9-20-21-15-19(31-2)7-8-22(21)27-24(20)25(28)10-13-29(14-11-25)23(30)16-32-18-5-3-17(26)4-6-18/h3-8,15,27H,9-14,16H2,1-2H3. The number of carbonyl (C=O) groups is 1. The van der Waals surface area contributed by atoms with E-state index in [4.69, 9.17) is 9.47 Å². The maximum Gasteiger partial charge on any atom is 0.260 e. The van der Waals surface area contributed by atoms with Gasteiger partial charge in [0, 0.05) is 36.2 Å². The fraction of sp³-hybridized carbons (Fsp3) is 0.400. The monoisotopic (exact) mass is 437 g/mol. The number of aromatic nitrogens is 1. The molecular weight excluding hydrogens is 409 g/mol. The van der Waals surface area contributed by atoms with E-state index in [0.29, 0.717) is 18.8 Å². The number of fused-ring (bicyclic) bond motifs is 4. The molecule has 0 atom stereocenters. The lowest BCUT2D eigenvalue weighted by atomic mass is 9.78. The van der Waals surface area contributed by atoms with Gasteiger partial charge in [-0.25, -0.2) is 4.39 Å². The second-order valence-electron chi connectivity index (χ2n) is 8.72. The Morgan fingerprint density at radius 1 is 1.09 bits per heavy atom. The van der Waals surface area contributed by atoms with Gasteiger partial charge in [0.25, 0.3) is 5.91 Å². The van der Waals surface area contributed by atoms with Crippen molar-refractivity contribution in [2.24, 2.45) is 0 Å². The van der Waals surface area contributed by atoms with E-state index in [0.717, 1.165) is 37.1 Å². The molecule has 1 N–H and O–H groups in total. The first kappa shape index (κ1) is 20.8. The molecule has 0 radical (unpaired) electrons. The van der Waals surface area contributed by atoms with Crippen LogP contribution in [0.4, 0.5) is 4.39 Å². The first-order valence-corrected chi connectivity index (χ1v) is 11.1. The summed E-state index contributed by atoms with van der Waals surface area (Å²) in [6, 6.07) is 11.9. The summed E-state index contributed by atoms with van der Waals surface area (Å²) in [6.45, 7) is 2.30. The molecule has 2 aromatic carbocycles. The number of ether oxygens (including phenoxy) is 2. The van der Waals surface area contributed by atoms with Gasteiger partial charge in [-0.3, -0.25) is 9.69 Å². The van der Waals surface area contributed by atoms with E-state index in [1.54, 1.807) is 7.11 Å². The molecule has 3 heterocycles. The molecule has 0 saturated carbocycles. The van der Waals surface area contributed by atoms with Crippen LogP contribution in [0.2, 0.25) is 0 Å². The van der Waals surface area contributed by atoms with Crippen LogP contribution in [-0.4, -0.2) is 61.1 Å². The van der Waals surface area contributed by atoms with Gasteiger partial charge in [0.1, 0.15) is 17.3 Å². The fourth-order valence-corrected chi connectivity index (χ4v) is 5.22. The van der Waals surface area contributed by atoms with Crippen LogP contribution in [0.15, 0.2) is 42.5 Å². The summed E-state index contributed by atoms with van der Waals surface area (Å²) in [7, 11) is 3.88. The Bertz CT molecular complexity index is 1130. The first-order chi connectivity index (χ1) is 15.5. The van der Waals surface area contributed by atoms with Gasteiger partial charge in [-0.2, -0.15) is 0 Å². The summed E-state index contributed by atoms with van der Waals surface area (Å²) in [4.78, 5) is 20.8. The third-order valence-electron chi connectivity index (χ3n) is 7.13. The summed E-state index contributed by atoms with van der Waals surface area (Å²) in [5.41, 5.74) is 3.69. The first-order valence-electron chi connectivity index (χ1n) is 11.1. The minimum absolute atomic E-state index is 0.0358. The highest BCUT2D eigenvalue weighted by Crippen LogP contribution is 2.45. The number of hydrogen-bond donors (Lipinski definition) is 1. The molecule has 0 bridgehead atoms. The molecule has 1 aromatic heterocycles. The molecule has 2 aliphatic heterocycles. The lowest BCUT2D eigenvalue weighted by Gasteiger charge is -2.49. The molecule has 6 nitrogen and oxygen atoms in total. The fourth-order valence-electron chi connectivity index (χ4n) is 5.22. The Hall–Kier alpha value is -3.06. The van der Waals surface area contributed by atoms with Gasteiger partial charge in [-0.15, -0.1) is 0 Å². The SMILES string of the molecule is COc1ccc2[nH]c3c(c2c1)CCN(C)C31CCN(C(=O)COc2ccc(F)cc2)CC1. The minimum Gasteiger partial charge on any atom is -0.497 e. The molecular formula is C25H28FN3O3. The number of halogens is 1. The Kier molecular flexibility index (Phi) is 5.29. The van der Waals surface area contributed by atoms with Crippen molar-refractivity contribution in [2.45, 2.75) is 24.8 Å². The molecule has 1 amide bonds. The molecule has 32 heavy (non-hydrogen) atoms. The Labute approximate surface area is 186 Å². The Morgan fingerprint density at radius 2 is 1.81 bits per heavy atom. The van der Waals surface area contributed by atoms with Crippen molar-refractivity contribution in [1.29, 1.82) is 0 Å². The minimum atomic E-state index is -0.323. The van der Waals surface area contributed by atoms with Gasteiger partial charge < -0.3 is 19.4 Å². The van der Waals surface area contributed by atoms with Gasteiger partial charge in [0.15, 0.2) is 6.61 Å². The number of likely N-dealkylation sites (N-methyl/N-ethyl adjacent to an activating group) is 1. The van der Waals surface area contributed by atoms with Crippen LogP contribution in [0, 0.1) is 5.82 Å². The lowest BCUT2D eigenvalue weighted by Crippen LogP contribution is -2.56. The van der Waals surface area contributed by atoms with Crippen molar-refractivity contribution in [2.75, 3.05) is 40.4 Å². The second kappa shape index (κ2) is 8.13. The molecule has 5 rings (SSSR count). The molecule has 0 aliphatic carbocycles. The highest BCUT2D eigenvalue weighted by Gasteiger charge is 2.45. The van der Waals surface area contributed by atoms with Gasteiger partial charge in [0.05, 0.1) is 12.6 Å². The number of likely N-dealkylation sites (tertiary alicyclic amines) is 1. The second-order valence-corrected chi connectivity index (χ2v) is 8.72. The number of nitrogens with zero attached hydrogens (tertiary/aromatic N) is 2. The zero-order valence-corrected chi connectivity index (χ0v) is 18.5. The molecule has 7 heteroatoms. The highest BCUT2D eigenvalue weighted by molar-refractivity contribution is 5.87. The van der Waals surface area contributed by atoms with Crippen LogP contribution in [0.5, 0.6) is 11.5 Å².